The predicted molar refractivity (Wildman–Crippen MR) is 86.7 cm³/mol. The Bertz CT molecular complexity index is 822. The average Bonchev–Trinajstić information content (AvgIpc) is 2.60. The van der Waals surface area contributed by atoms with Crippen LogP contribution in [0.15, 0.2) is 42.5 Å². The molecule has 2 atom stereocenters. The first-order valence-corrected chi connectivity index (χ1v) is 7.65. The van der Waals surface area contributed by atoms with Crippen LogP contribution in [0.1, 0.15) is 45.7 Å². The van der Waals surface area contributed by atoms with Crippen molar-refractivity contribution in [1.82, 2.24) is 5.32 Å². The molecule has 2 aromatic rings. The number of hydrogen-bond acceptors (Lipinski definition) is 4. The van der Waals surface area contributed by atoms with Crippen molar-refractivity contribution in [2.45, 2.75) is 18.6 Å². The van der Waals surface area contributed by atoms with Gasteiger partial charge in [0.05, 0.1) is 22.9 Å². The fourth-order valence-corrected chi connectivity index (χ4v) is 3.45. The van der Waals surface area contributed by atoms with Crippen molar-refractivity contribution < 1.29 is 4.79 Å². The van der Waals surface area contributed by atoms with Crippen LogP contribution in [0, 0.1) is 11.3 Å². The zero-order chi connectivity index (χ0) is 16.0. The van der Waals surface area contributed by atoms with E-state index in [1.165, 1.54) is 0 Å². The molecule has 4 rings (SSSR count). The van der Waals surface area contributed by atoms with Gasteiger partial charge in [-0.05, 0) is 35.7 Å². The molecule has 0 aromatic heterocycles. The lowest BCUT2D eigenvalue weighted by atomic mass is 9.90. The molecule has 2 aliphatic rings. The van der Waals surface area contributed by atoms with Gasteiger partial charge in [0.1, 0.15) is 6.17 Å². The first kappa shape index (κ1) is 13.8. The molecule has 0 radical (unpaired) electrons. The Kier molecular flexibility index (Phi) is 3.07. The standard InChI is InChI=1S/C18H16N4O/c19-10-11-4-6-12(7-5-11)17-21-18(23)14-3-1-2-13-15(20)8-9-22(17)16(13)14/h1-7,15,17H,8-9,20H2,(H,21,23)/t15-,17+/m0/s1. The maximum Gasteiger partial charge on any atom is 0.255 e. The smallest absolute Gasteiger partial charge is 0.255 e. The molecule has 0 saturated carbocycles. The Labute approximate surface area is 134 Å². The van der Waals surface area contributed by atoms with E-state index in [-0.39, 0.29) is 18.1 Å². The molecule has 0 saturated heterocycles. The van der Waals surface area contributed by atoms with Crippen LogP contribution in [0.3, 0.4) is 0 Å². The molecular weight excluding hydrogens is 288 g/mol. The topological polar surface area (TPSA) is 82.2 Å². The Morgan fingerprint density at radius 2 is 2.00 bits per heavy atom. The average molecular weight is 304 g/mol. The Morgan fingerprint density at radius 1 is 1.22 bits per heavy atom. The van der Waals surface area contributed by atoms with Gasteiger partial charge in [-0.2, -0.15) is 5.26 Å². The Hall–Kier alpha value is -2.84. The molecule has 5 heteroatoms. The maximum atomic E-state index is 12.5. The molecule has 23 heavy (non-hydrogen) atoms. The highest BCUT2D eigenvalue weighted by Crippen LogP contribution is 2.41. The van der Waals surface area contributed by atoms with E-state index in [1.807, 2.05) is 30.3 Å². The molecule has 0 spiro atoms. The number of benzene rings is 2. The fourth-order valence-electron chi connectivity index (χ4n) is 3.45. The number of carbonyl (C=O) groups is 1. The van der Waals surface area contributed by atoms with Crippen molar-refractivity contribution in [2.24, 2.45) is 5.73 Å². The van der Waals surface area contributed by atoms with E-state index in [0.29, 0.717) is 11.1 Å². The van der Waals surface area contributed by atoms with Gasteiger partial charge in [0.25, 0.3) is 5.91 Å². The van der Waals surface area contributed by atoms with Gasteiger partial charge in [0.15, 0.2) is 0 Å². The summed E-state index contributed by atoms with van der Waals surface area (Å²) in [6.07, 6.45) is 0.621. The van der Waals surface area contributed by atoms with E-state index in [0.717, 1.165) is 29.8 Å². The molecule has 0 bridgehead atoms. The van der Waals surface area contributed by atoms with Gasteiger partial charge in [-0.25, -0.2) is 0 Å². The molecule has 2 aliphatic heterocycles. The molecule has 5 nitrogen and oxygen atoms in total. The van der Waals surface area contributed by atoms with Gasteiger partial charge in [0.2, 0.25) is 0 Å². The van der Waals surface area contributed by atoms with E-state index in [1.54, 1.807) is 12.1 Å². The van der Waals surface area contributed by atoms with Crippen molar-refractivity contribution in [3.63, 3.8) is 0 Å². The van der Waals surface area contributed by atoms with Crippen molar-refractivity contribution >= 4 is 11.6 Å². The third-order valence-electron chi connectivity index (χ3n) is 4.61. The second kappa shape index (κ2) is 5.11. The van der Waals surface area contributed by atoms with Crippen molar-refractivity contribution in [1.29, 1.82) is 5.26 Å². The van der Waals surface area contributed by atoms with Crippen LogP contribution in [0.2, 0.25) is 0 Å². The number of amides is 1. The van der Waals surface area contributed by atoms with E-state index in [2.05, 4.69) is 16.3 Å². The quantitative estimate of drug-likeness (QED) is 0.846. The number of nitrogens with one attached hydrogen (secondary N) is 1. The zero-order valence-electron chi connectivity index (χ0n) is 12.5. The van der Waals surface area contributed by atoms with Crippen LogP contribution in [-0.2, 0) is 0 Å². The number of para-hydroxylation sites is 1. The molecule has 3 N–H and O–H groups in total. The molecule has 0 unspecified atom stereocenters. The third kappa shape index (κ3) is 2.07. The predicted octanol–water partition coefficient (Wildman–Crippen LogP) is 2.21. The van der Waals surface area contributed by atoms with Crippen molar-refractivity contribution in [3.05, 3.63) is 64.7 Å². The highest BCUT2D eigenvalue weighted by atomic mass is 16.2. The summed E-state index contributed by atoms with van der Waals surface area (Å²) in [6, 6.07) is 15.2. The van der Waals surface area contributed by atoms with Crippen LogP contribution in [-0.4, -0.2) is 12.5 Å². The SMILES string of the molecule is N#Cc1ccc([C@@H]2NC(=O)c3cccc4c3N2CC[C@@H]4N)cc1. The van der Waals surface area contributed by atoms with Gasteiger partial charge in [-0.3, -0.25) is 4.79 Å². The summed E-state index contributed by atoms with van der Waals surface area (Å²) in [5, 5.41) is 12.0. The molecule has 114 valence electrons. The summed E-state index contributed by atoms with van der Waals surface area (Å²) in [6.45, 7) is 0.788. The summed E-state index contributed by atoms with van der Waals surface area (Å²) >= 11 is 0. The molecule has 2 heterocycles. The van der Waals surface area contributed by atoms with Gasteiger partial charge in [-0.1, -0.05) is 24.3 Å². The highest BCUT2D eigenvalue weighted by molar-refractivity contribution is 6.03. The molecular formula is C18H16N4O. The number of nitrogens with zero attached hydrogens (tertiary/aromatic N) is 2. The number of hydrogen-bond donors (Lipinski definition) is 2. The highest BCUT2D eigenvalue weighted by Gasteiger charge is 2.36. The second-order valence-corrected chi connectivity index (χ2v) is 5.94. The fraction of sp³-hybridized carbons (Fsp3) is 0.222. The molecule has 2 aromatic carbocycles. The molecule has 1 amide bonds. The minimum absolute atomic E-state index is 0.0336. The van der Waals surface area contributed by atoms with Gasteiger partial charge < -0.3 is 16.0 Å². The lowest BCUT2D eigenvalue weighted by Gasteiger charge is -2.44. The molecule has 0 aliphatic carbocycles. The Morgan fingerprint density at radius 3 is 2.74 bits per heavy atom. The van der Waals surface area contributed by atoms with E-state index in [9.17, 15) is 4.79 Å². The normalized spacial score (nSPS) is 22.1. The van der Waals surface area contributed by atoms with Crippen LogP contribution in [0.4, 0.5) is 5.69 Å². The minimum Gasteiger partial charge on any atom is -0.346 e. The Balaban J connectivity index is 1.82. The number of nitrogens with two attached hydrogens (primary N) is 1. The number of nitriles is 1. The summed E-state index contributed by atoms with van der Waals surface area (Å²) in [4.78, 5) is 14.7. The van der Waals surface area contributed by atoms with E-state index < -0.39 is 0 Å². The zero-order valence-corrected chi connectivity index (χ0v) is 12.5. The molecule has 0 fully saturated rings. The van der Waals surface area contributed by atoms with E-state index in [4.69, 9.17) is 11.0 Å². The van der Waals surface area contributed by atoms with Crippen LogP contribution in [0.25, 0.3) is 0 Å². The minimum atomic E-state index is -0.226. The van der Waals surface area contributed by atoms with Crippen LogP contribution < -0.4 is 16.0 Å². The lowest BCUT2D eigenvalue weighted by Crippen LogP contribution is -2.49. The lowest BCUT2D eigenvalue weighted by molar-refractivity contribution is 0.0925. The van der Waals surface area contributed by atoms with Crippen molar-refractivity contribution in [3.8, 4) is 6.07 Å². The number of rotatable bonds is 1. The van der Waals surface area contributed by atoms with E-state index >= 15 is 0 Å². The summed E-state index contributed by atoms with van der Waals surface area (Å²) < 4.78 is 0. The van der Waals surface area contributed by atoms with Gasteiger partial charge in [-0.15, -0.1) is 0 Å². The maximum absolute atomic E-state index is 12.5. The summed E-state index contributed by atoms with van der Waals surface area (Å²) in [5.41, 5.74) is 10.5. The van der Waals surface area contributed by atoms with Crippen LogP contribution in [0.5, 0.6) is 0 Å². The first-order valence-electron chi connectivity index (χ1n) is 7.65. The van der Waals surface area contributed by atoms with Gasteiger partial charge in [0, 0.05) is 12.6 Å². The van der Waals surface area contributed by atoms with Crippen molar-refractivity contribution in [2.75, 3.05) is 11.4 Å². The summed E-state index contributed by atoms with van der Waals surface area (Å²) in [7, 11) is 0. The van der Waals surface area contributed by atoms with Gasteiger partial charge >= 0.3 is 0 Å². The number of anilines is 1. The first-order chi connectivity index (χ1) is 11.2. The second-order valence-electron chi connectivity index (χ2n) is 5.94. The largest absolute Gasteiger partial charge is 0.346 e. The number of carbonyl (C=O) groups excluding carboxylic acids is 1. The third-order valence-corrected chi connectivity index (χ3v) is 4.61. The monoisotopic (exact) mass is 304 g/mol. The summed E-state index contributed by atoms with van der Waals surface area (Å²) in [5.74, 6) is -0.0819. The van der Waals surface area contributed by atoms with Crippen LogP contribution >= 0.6 is 0 Å².